The fraction of sp³-hybridized carbons (Fsp3) is 0.636. The summed E-state index contributed by atoms with van der Waals surface area (Å²) in [6, 6.07) is 0.514. The first kappa shape index (κ1) is 13.3. The molecule has 90 valence electrons. The van der Waals surface area contributed by atoms with Crippen LogP contribution in [-0.4, -0.2) is 22.3 Å². The van der Waals surface area contributed by atoms with Crippen LogP contribution in [0.5, 0.6) is 0 Å². The van der Waals surface area contributed by atoms with Crippen LogP contribution >= 0.6 is 11.8 Å². The van der Waals surface area contributed by atoms with Crippen LogP contribution in [0.2, 0.25) is 0 Å². The summed E-state index contributed by atoms with van der Waals surface area (Å²) < 4.78 is 0. The Hall–Kier alpha value is -0.810. The zero-order chi connectivity index (χ0) is 12.0. The normalized spacial score (nSPS) is 23.7. The zero-order valence-electron chi connectivity index (χ0n) is 9.89. The lowest BCUT2D eigenvalue weighted by Crippen LogP contribution is -2.21. The van der Waals surface area contributed by atoms with Crippen LogP contribution < -0.4 is 11.5 Å². The number of rotatable bonds is 1. The Morgan fingerprint density at radius 3 is 2.25 bits per heavy atom. The summed E-state index contributed by atoms with van der Waals surface area (Å²) >= 11 is 1.60. The highest BCUT2D eigenvalue weighted by Crippen LogP contribution is 2.22. The minimum Gasteiger partial charge on any atom is -0.368 e. The number of hydrogen-bond acceptors (Lipinski definition) is 5. The molecule has 0 bridgehead atoms. The number of nitrogens with two attached hydrogens (primary N) is 2. The molecular formula is C11H20N4S. The van der Waals surface area contributed by atoms with Gasteiger partial charge in [-0.25, -0.2) is 9.97 Å². The molecule has 2 unspecified atom stereocenters. The van der Waals surface area contributed by atoms with E-state index in [1.165, 1.54) is 19.3 Å². The maximum absolute atomic E-state index is 5.68. The molecule has 0 aliphatic heterocycles. The van der Waals surface area contributed by atoms with Crippen LogP contribution in [0.1, 0.15) is 26.2 Å². The topological polar surface area (TPSA) is 77.8 Å². The number of aromatic nitrogens is 2. The average Bonchev–Trinajstić information content (AvgIpc) is 2.65. The largest absolute Gasteiger partial charge is 0.368 e. The summed E-state index contributed by atoms with van der Waals surface area (Å²) in [5.41, 5.74) is 10.9. The van der Waals surface area contributed by atoms with Crippen LogP contribution in [0.4, 0.5) is 5.95 Å². The Balaban J connectivity index is 0.000000165. The summed E-state index contributed by atoms with van der Waals surface area (Å²) in [6.07, 6.45) is 9.32. The van der Waals surface area contributed by atoms with Crippen molar-refractivity contribution in [2.45, 2.75) is 37.1 Å². The fourth-order valence-electron chi connectivity index (χ4n) is 1.61. The predicted molar refractivity (Wildman–Crippen MR) is 69.2 cm³/mol. The van der Waals surface area contributed by atoms with Crippen molar-refractivity contribution in [1.29, 1.82) is 0 Å². The van der Waals surface area contributed by atoms with E-state index >= 15 is 0 Å². The molecule has 2 atom stereocenters. The summed E-state index contributed by atoms with van der Waals surface area (Å²) in [5, 5.41) is 0. The second-order valence-corrected chi connectivity index (χ2v) is 4.93. The quantitative estimate of drug-likeness (QED) is 0.733. The zero-order valence-corrected chi connectivity index (χ0v) is 10.7. The first-order valence-electron chi connectivity index (χ1n) is 5.50. The van der Waals surface area contributed by atoms with Crippen molar-refractivity contribution in [2.75, 3.05) is 12.0 Å². The van der Waals surface area contributed by atoms with Gasteiger partial charge < -0.3 is 11.5 Å². The Morgan fingerprint density at radius 2 is 1.94 bits per heavy atom. The van der Waals surface area contributed by atoms with Gasteiger partial charge in [0.2, 0.25) is 5.95 Å². The molecule has 0 spiro atoms. The van der Waals surface area contributed by atoms with Crippen molar-refractivity contribution in [1.82, 2.24) is 9.97 Å². The summed E-state index contributed by atoms with van der Waals surface area (Å²) in [6.45, 7) is 2.23. The highest BCUT2D eigenvalue weighted by atomic mass is 32.2. The van der Waals surface area contributed by atoms with Gasteiger partial charge in [-0.2, -0.15) is 0 Å². The molecule has 1 aromatic heterocycles. The average molecular weight is 240 g/mol. The molecule has 1 heterocycles. The molecular weight excluding hydrogens is 220 g/mol. The summed E-state index contributed by atoms with van der Waals surface area (Å²) in [5.74, 6) is 1.12. The molecule has 0 saturated heterocycles. The van der Waals surface area contributed by atoms with E-state index in [1.807, 2.05) is 6.26 Å². The lowest BCUT2D eigenvalue weighted by atomic mass is 10.1. The van der Waals surface area contributed by atoms with E-state index in [-0.39, 0.29) is 0 Å². The standard InChI is InChI=1S/C6H13N.C5H7N3S/c1-5-3-2-4-6(5)7;1-9-4-2-7-5(6)8-3-4/h5-6H,2-4,7H2,1H3;2-3H,1H3,(H2,6,7,8). The molecule has 1 aliphatic rings. The number of nitrogens with zero attached hydrogens (tertiary/aromatic N) is 2. The van der Waals surface area contributed by atoms with Crippen LogP contribution in [0, 0.1) is 5.92 Å². The molecule has 16 heavy (non-hydrogen) atoms. The van der Waals surface area contributed by atoms with Crippen molar-refractivity contribution in [3.63, 3.8) is 0 Å². The van der Waals surface area contributed by atoms with Gasteiger partial charge in [-0.1, -0.05) is 13.3 Å². The van der Waals surface area contributed by atoms with Gasteiger partial charge in [0, 0.05) is 23.3 Å². The van der Waals surface area contributed by atoms with Crippen molar-refractivity contribution >= 4 is 17.7 Å². The van der Waals surface area contributed by atoms with Crippen LogP contribution in [0.15, 0.2) is 17.3 Å². The van der Waals surface area contributed by atoms with E-state index in [0.717, 1.165) is 10.8 Å². The number of anilines is 1. The van der Waals surface area contributed by atoms with E-state index in [4.69, 9.17) is 11.5 Å². The van der Waals surface area contributed by atoms with E-state index in [9.17, 15) is 0 Å². The molecule has 0 amide bonds. The first-order chi connectivity index (χ1) is 7.63. The van der Waals surface area contributed by atoms with Gasteiger partial charge >= 0.3 is 0 Å². The molecule has 1 saturated carbocycles. The molecule has 5 heteroatoms. The van der Waals surface area contributed by atoms with Crippen molar-refractivity contribution in [3.05, 3.63) is 12.4 Å². The van der Waals surface area contributed by atoms with Gasteiger partial charge in [0.1, 0.15) is 0 Å². The van der Waals surface area contributed by atoms with Crippen LogP contribution in [0.25, 0.3) is 0 Å². The third-order valence-electron chi connectivity index (χ3n) is 2.81. The molecule has 1 fully saturated rings. The summed E-state index contributed by atoms with van der Waals surface area (Å²) in [4.78, 5) is 8.62. The third kappa shape index (κ3) is 4.37. The Labute approximate surface area is 101 Å². The number of nitrogen functional groups attached to an aromatic ring is 1. The molecule has 1 aliphatic carbocycles. The van der Waals surface area contributed by atoms with Crippen LogP contribution in [0.3, 0.4) is 0 Å². The molecule has 2 rings (SSSR count). The SMILES string of the molecule is CC1CCCC1N.CSc1cnc(N)nc1. The third-order valence-corrected chi connectivity index (χ3v) is 3.49. The number of hydrogen-bond donors (Lipinski definition) is 2. The van der Waals surface area contributed by atoms with Crippen molar-refractivity contribution in [2.24, 2.45) is 11.7 Å². The molecule has 4 nitrogen and oxygen atoms in total. The molecule has 0 radical (unpaired) electrons. The van der Waals surface area contributed by atoms with Crippen molar-refractivity contribution < 1.29 is 0 Å². The monoisotopic (exact) mass is 240 g/mol. The van der Waals surface area contributed by atoms with Gasteiger partial charge in [0.05, 0.1) is 0 Å². The highest BCUT2D eigenvalue weighted by Gasteiger charge is 2.18. The minimum absolute atomic E-state index is 0.327. The van der Waals surface area contributed by atoms with Crippen LogP contribution in [-0.2, 0) is 0 Å². The van der Waals surface area contributed by atoms with Gasteiger partial charge in [0.15, 0.2) is 0 Å². The fourth-order valence-corrected chi connectivity index (χ4v) is 1.92. The first-order valence-corrected chi connectivity index (χ1v) is 6.73. The van der Waals surface area contributed by atoms with E-state index in [0.29, 0.717) is 12.0 Å². The lowest BCUT2D eigenvalue weighted by molar-refractivity contribution is 0.527. The molecule has 4 N–H and O–H groups in total. The van der Waals surface area contributed by atoms with Crippen molar-refractivity contribution in [3.8, 4) is 0 Å². The second-order valence-electron chi connectivity index (χ2n) is 4.05. The van der Waals surface area contributed by atoms with Gasteiger partial charge in [-0.15, -0.1) is 11.8 Å². The predicted octanol–water partition coefficient (Wildman–Crippen LogP) is 1.91. The smallest absolute Gasteiger partial charge is 0.219 e. The Bertz CT molecular complexity index is 293. The highest BCUT2D eigenvalue weighted by molar-refractivity contribution is 7.98. The lowest BCUT2D eigenvalue weighted by Gasteiger charge is -2.05. The Kier molecular flexibility index (Phi) is 5.55. The maximum Gasteiger partial charge on any atom is 0.219 e. The Morgan fingerprint density at radius 1 is 1.31 bits per heavy atom. The second kappa shape index (κ2) is 6.70. The minimum atomic E-state index is 0.327. The van der Waals surface area contributed by atoms with Gasteiger partial charge in [-0.05, 0) is 25.0 Å². The molecule has 0 aromatic carbocycles. The maximum atomic E-state index is 5.68. The summed E-state index contributed by atoms with van der Waals surface area (Å²) in [7, 11) is 0. The van der Waals surface area contributed by atoms with E-state index in [2.05, 4.69) is 16.9 Å². The number of thioether (sulfide) groups is 1. The van der Waals surface area contributed by atoms with Gasteiger partial charge in [-0.3, -0.25) is 0 Å². The van der Waals surface area contributed by atoms with Gasteiger partial charge in [0.25, 0.3) is 0 Å². The van der Waals surface area contributed by atoms with E-state index in [1.54, 1.807) is 24.2 Å². The van der Waals surface area contributed by atoms with E-state index < -0.39 is 0 Å². The molecule has 1 aromatic rings.